The Morgan fingerprint density at radius 3 is 2.72 bits per heavy atom. The minimum Gasteiger partial charge on any atom is -0.396 e. The summed E-state index contributed by atoms with van der Waals surface area (Å²) in [6, 6.07) is -0.0384. The smallest absolute Gasteiger partial charge is 0.256 e. The maximum absolute atomic E-state index is 12.2. The van der Waals surface area contributed by atoms with Gasteiger partial charge >= 0.3 is 0 Å². The molecule has 1 unspecified atom stereocenters. The van der Waals surface area contributed by atoms with Gasteiger partial charge in [-0.2, -0.15) is 5.10 Å². The number of hydrogen-bond acceptors (Lipinski definition) is 3. The largest absolute Gasteiger partial charge is 0.396 e. The van der Waals surface area contributed by atoms with Gasteiger partial charge in [-0.25, -0.2) is 0 Å². The fourth-order valence-corrected chi connectivity index (χ4v) is 2.05. The minimum absolute atomic E-state index is 0.0384. The third kappa shape index (κ3) is 3.23. The Bertz CT molecular complexity index is 418. The molecule has 18 heavy (non-hydrogen) atoms. The number of carbonyl (C=O) groups is 1. The standard InChI is InChI=1S/C12H20ClN3O2/c1-4-8(6-7-17)14-12(18)10-9(5-2)15-16(3)11(10)13/h8,17H,4-7H2,1-3H3,(H,14,18). The van der Waals surface area contributed by atoms with E-state index in [1.807, 2.05) is 13.8 Å². The molecule has 0 aromatic carbocycles. The van der Waals surface area contributed by atoms with Gasteiger partial charge in [0.25, 0.3) is 5.91 Å². The fourth-order valence-electron chi connectivity index (χ4n) is 1.82. The normalized spacial score (nSPS) is 12.5. The third-order valence-corrected chi connectivity index (χ3v) is 3.35. The van der Waals surface area contributed by atoms with Gasteiger partial charge in [-0.1, -0.05) is 25.4 Å². The number of rotatable bonds is 6. The lowest BCUT2D eigenvalue weighted by Crippen LogP contribution is -2.35. The molecule has 1 heterocycles. The highest BCUT2D eigenvalue weighted by Crippen LogP contribution is 2.20. The van der Waals surface area contributed by atoms with E-state index in [9.17, 15) is 4.79 Å². The predicted octanol–water partition coefficient (Wildman–Crippen LogP) is 1.53. The van der Waals surface area contributed by atoms with Crippen molar-refractivity contribution in [1.82, 2.24) is 15.1 Å². The number of hydrogen-bond donors (Lipinski definition) is 2. The molecule has 0 aliphatic carbocycles. The van der Waals surface area contributed by atoms with Crippen LogP contribution >= 0.6 is 11.6 Å². The van der Waals surface area contributed by atoms with Crippen LogP contribution < -0.4 is 5.32 Å². The van der Waals surface area contributed by atoms with Crippen molar-refractivity contribution in [3.8, 4) is 0 Å². The highest BCUT2D eigenvalue weighted by atomic mass is 35.5. The van der Waals surface area contributed by atoms with Crippen molar-refractivity contribution in [3.05, 3.63) is 16.4 Å². The molecule has 0 bridgehead atoms. The van der Waals surface area contributed by atoms with E-state index in [1.165, 1.54) is 4.68 Å². The van der Waals surface area contributed by atoms with E-state index in [0.717, 1.165) is 6.42 Å². The topological polar surface area (TPSA) is 67.2 Å². The van der Waals surface area contributed by atoms with Crippen molar-refractivity contribution in [2.75, 3.05) is 6.61 Å². The van der Waals surface area contributed by atoms with E-state index < -0.39 is 0 Å². The molecule has 0 spiro atoms. The predicted molar refractivity (Wildman–Crippen MR) is 70.8 cm³/mol. The van der Waals surface area contributed by atoms with Crippen LogP contribution in [0.2, 0.25) is 5.15 Å². The molecule has 1 aromatic heterocycles. The molecule has 6 heteroatoms. The van der Waals surface area contributed by atoms with Gasteiger partial charge in [-0.15, -0.1) is 0 Å². The monoisotopic (exact) mass is 273 g/mol. The van der Waals surface area contributed by atoms with Crippen LogP contribution in [-0.2, 0) is 13.5 Å². The Morgan fingerprint density at radius 2 is 2.22 bits per heavy atom. The van der Waals surface area contributed by atoms with Gasteiger partial charge in [0.2, 0.25) is 0 Å². The lowest BCUT2D eigenvalue weighted by atomic mass is 10.1. The Kier molecular flexibility index (Phi) is 5.62. The number of aliphatic hydroxyl groups is 1. The fraction of sp³-hybridized carbons (Fsp3) is 0.667. The number of aliphatic hydroxyl groups excluding tert-OH is 1. The van der Waals surface area contributed by atoms with Crippen molar-refractivity contribution in [1.29, 1.82) is 0 Å². The van der Waals surface area contributed by atoms with Crippen molar-refractivity contribution in [3.63, 3.8) is 0 Å². The number of halogens is 1. The molecule has 1 rings (SSSR count). The molecule has 0 aliphatic rings. The number of carbonyl (C=O) groups excluding carboxylic acids is 1. The molecule has 2 N–H and O–H groups in total. The Labute approximate surface area is 112 Å². The molecule has 1 atom stereocenters. The van der Waals surface area contributed by atoms with Crippen molar-refractivity contribution >= 4 is 17.5 Å². The zero-order valence-corrected chi connectivity index (χ0v) is 11.8. The van der Waals surface area contributed by atoms with Crippen molar-refractivity contribution in [2.45, 2.75) is 39.2 Å². The van der Waals surface area contributed by atoms with E-state index in [4.69, 9.17) is 16.7 Å². The summed E-state index contributed by atoms with van der Waals surface area (Å²) in [6.45, 7) is 3.95. The second kappa shape index (κ2) is 6.75. The Balaban J connectivity index is 2.89. The summed E-state index contributed by atoms with van der Waals surface area (Å²) in [4.78, 5) is 12.2. The van der Waals surface area contributed by atoms with Gasteiger partial charge in [0.05, 0.1) is 11.3 Å². The third-order valence-electron chi connectivity index (χ3n) is 2.92. The molecular weight excluding hydrogens is 254 g/mol. The molecule has 0 radical (unpaired) electrons. The van der Waals surface area contributed by atoms with E-state index in [1.54, 1.807) is 7.05 Å². The number of aromatic nitrogens is 2. The van der Waals surface area contributed by atoms with Crippen LogP contribution in [0.15, 0.2) is 0 Å². The Morgan fingerprint density at radius 1 is 1.56 bits per heavy atom. The molecule has 1 aromatic rings. The van der Waals surface area contributed by atoms with Crippen LogP contribution in [0.5, 0.6) is 0 Å². The van der Waals surface area contributed by atoms with Crippen LogP contribution in [0, 0.1) is 0 Å². The lowest BCUT2D eigenvalue weighted by molar-refractivity contribution is 0.0928. The summed E-state index contributed by atoms with van der Waals surface area (Å²) < 4.78 is 1.50. The number of amides is 1. The molecule has 0 fully saturated rings. The SMILES string of the molecule is CCc1nn(C)c(Cl)c1C(=O)NC(CC)CCO. The minimum atomic E-state index is -0.217. The first kappa shape index (κ1) is 15.0. The number of aryl methyl sites for hydroxylation is 2. The summed E-state index contributed by atoms with van der Waals surface area (Å²) in [5, 5.41) is 16.3. The summed E-state index contributed by atoms with van der Waals surface area (Å²) in [6.07, 6.45) is 1.97. The maximum Gasteiger partial charge on any atom is 0.256 e. The Hall–Kier alpha value is -1.07. The average Bonchev–Trinajstić information content (AvgIpc) is 2.64. The molecule has 0 saturated carbocycles. The van der Waals surface area contributed by atoms with Crippen molar-refractivity contribution in [2.24, 2.45) is 7.05 Å². The van der Waals surface area contributed by atoms with Gasteiger partial charge in [0.1, 0.15) is 5.15 Å². The summed E-state index contributed by atoms with van der Waals surface area (Å²) in [7, 11) is 1.71. The summed E-state index contributed by atoms with van der Waals surface area (Å²) >= 11 is 6.08. The molecule has 1 amide bonds. The van der Waals surface area contributed by atoms with Crippen molar-refractivity contribution < 1.29 is 9.90 Å². The van der Waals surface area contributed by atoms with E-state index in [2.05, 4.69) is 10.4 Å². The van der Waals surface area contributed by atoms with Gasteiger partial charge < -0.3 is 10.4 Å². The molecule has 0 saturated heterocycles. The van der Waals surface area contributed by atoms with E-state index in [-0.39, 0.29) is 18.6 Å². The molecule has 102 valence electrons. The average molecular weight is 274 g/mol. The molecular formula is C12H20ClN3O2. The first-order chi connectivity index (χ1) is 8.54. The number of nitrogens with one attached hydrogen (secondary N) is 1. The van der Waals surface area contributed by atoms with E-state index >= 15 is 0 Å². The number of nitrogens with zero attached hydrogens (tertiary/aromatic N) is 2. The maximum atomic E-state index is 12.2. The zero-order chi connectivity index (χ0) is 13.7. The highest BCUT2D eigenvalue weighted by Gasteiger charge is 2.22. The highest BCUT2D eigenvalue weighted by molar-refractivity contribution is 6.33. The van der Waals surface area contributed by atoms with Gasteiger partial charge in [0.15, 0.2) is 0 Å². The summed E-state index contributed by atoms with van der Waals surface area (Å²) in [5.74, 6) is -0.217. The first-order valence-corrected chi connectivity index (χ1v) is 6.55. The second-order valence-corrected chi connectivity index (χ2v) is 4.54. The van der Waals surface area contributed by atoms with Crippen LogP contribution in [0.3, 0.4) is 0 Å². The zero-order valence-electron chi connectivity index (χ0n) is 11.0. The first-order valence-electron chi connectivity index (χ1n) is 6.18. The quantitative estimate of drug-likeness (QED) is 0.826. The van der Waals surface area contributed by atoms with Gasteiger partial charge in [-0.3, -0.25) is 9.48 Å². The van der Waals surface area contributed by atoms with Crippen LogP contribution in [0.1, 0.15) is 42.7 Å². The van der Waals surface area contributed by atoms with E-state index in [0.29, 0.717) is 29.3 Å². The van der Waals surface area contributed by atoms with Gasteiger partial charge in [0, 0.05) is 19.7 Å². The van der Waals surface area contributed by atoms with Gasteiger partial charge in [-0.05, 0) is 19.3 Å². The molecule has 5 nitrogen and oxygen atoms in total. The summed E-state index contributed by atoms with van der Waals surface area (Å²) in [5.41, 5.74) is 1.14. The van der Waals surface area contributed by atoms with Crippen LogP contribution in [-0.4, -0.2) is 33.4 Å². The van der Waals surface area contributed by atoms with Crippen LogP contribution in [0.25, 0.3) is 0 Å². The van der Waals surface area contributed by atoms with Crippen LogP contribution in [0.4, 0.5) is 0 Å². The second-order valence-electron chi connectivity index (χ2n) is 4.18. The lowest BCUT2D eigenvalue weighted by Gasteiger charge is -2.15. The molecule has 0 aliphatic heterocycles.